The second-order valence-corrected chi connectivity index (χ2v) is 4.15. The van der Waals surface area contributed by atoms with Crippen molar-refractivity contribution >= 4 is 11.8 Å². The van der Waals surface area contributed by atoms with Crippen molar-refractivity contribution in [3.63, 3.8) is 0 Å². The fraction of sp³-hybridized carbons (Fsp3) is 0.800. The Morgan fingerprint density at radius 3 is 3.00 bits per heavy atom. The maximum absolute atomic E-state index is 8.90. The van der Waals surface area contributed by atoms with Gasteiger partial charge in [-0.15, -0.1) is 0 Å². The van der Waals surface area contributed by atoms with Crippen molar-refractivity contribution in [2.75, 3.05) is 0 Å². The van der Waals surface area contributed by atoms with Gasteiger partial charge in [-0.25, -0.2) is 0 Å². The van der Waals surface area contributed by atoms with Crippen molar-refractivity contribution in [2.24, 2.45) is 11.7 Å². The van der Waals surface area contributed by atoms with Gasteiger partial charge in [0.1, 0.15) is 6.23 Å². The minimum absolute atomic E-state index is 0.644. The highest BCUT2D eigenvalue weighted by Crippen LogP contribution is 2.26. The van der Waals surface area contributed by atoms with Crippen molar-refractivity contribution in [1.29, 1.82) is 0 Å². The highest BCUT2D eigenvalue weighted by Gasteiger charge is 2.13. The summed E-state index contributed by atoms with van der Waals surface area (Å²) in [6.45, 7) is 0. The standard InChI is InChI=1S/C10H19ClN2O/c11-13-9-6-4-8(5-7-9)2-1-3-10(12)14/h6,8,10,13-14H,1-5,7,12H2. The molecule has 4 heteroatoms. The van der Waals surface area contributed by atoms with Crippen LogP contribution in [0.1, 0.15) is 38.5 Å². The van der Waals surface area contributed by atoms with Crippen LogP contribution in [0.25, 0.3) is 0 Å². The molecular weight excluding hydrogens is 200 g/mol. The smallest absolute Gasteiger partial charge is 0.102 e. The molecule has 14 heavy (non-hydrogen) atoms. The highest BCUT2D eigenvalue weighted by atomic mass is 35.5. The van der Waals surface area contributed by atoms with Crippen LogP contribution in [0.3, 0.4) is 0 Å². The molecule has 2 atom stereocenters. The predicted molar refractivity (Wildman–Crippen MR) is 58.5 cm³/mol. The Labute approximate surface area is 90.4 Å². The highest BCUT2D eigenvalue weighted by molar-refractivity contribution is 6.14. The van der Waals surface area contributed by atoms with Crippen molar-refractivity contribution in [2.45, 2.75) is 44.8 Å². The van der Waals surface area contributed by atoms with E-state index < -0.39 is 6.23 Å². The van der Waals surface area contributed by atoms with Crippen LogP contribution in [-0.2, 0) is 0 Å². The molecule has 0 aromatic rings. The largest absolute Gasteiger partial charge is 0.379 e. The fourth-order valence-corrected chi connectivity index (χ4v) is 2.02. The molecular formula is C10H19ClN2O. The van der Waals surface area contributed by atoms with E-state index in [1.165, 1.54) is 6.42 Å². The Kier molecular flexibility index (Phi) is 5.30. The molecule has 0 radical (unpaired) electrons. The summed E-state index contributed by atoms with van der Waals surface area (Å²) < 4.78 is 0. The van der Waals surface area contributed by atoms with E-state index in [9.17, 15) is 0 Å². The number of aliphatic hydroxyl groups excluding tert-OH is 1. The number of allylic oxidation sites excluding steroid dienone is 2. The molecule has 2 unspecified atom stereocenters. The summed E-state index contributed by atoms with van der Waals surface area (Å²) in [5.41, 5.74) is 6.41. The van der Waals surface area contributed by atoms with E-state index in [2.05, 4.69) is 10.9 Å². The van der Waals surface area contributed by atoms with Crippen molar-refractivity contribution in [3.05, 3.63) is 11.8 Å². The number of halogens is 1. The van der Waals surface area contributed by atoms with Crippen LogP contribution < -0.4 is 10.6 Å². The number of hydrogen-bond donors (Lipinski definition) is 3. The lowest BCUT2D eigenvalue weighted by Crippen LogP contribution is -2.19. The predicted octanol–water partition coefficient (Wildman–Crippen LogP) is 1.86. The van der Waals surface area contributed by atoms with E-state index in [4.69, 9.17) is 22.6 Å². The van der Waals surface area contributed by atoms with Crippen LogP contribution in [-0.4, -0.2) is 11.3 Å². The van der Waals surface area contributed by atoms with E-state index in [-0.39, 0.29) is 0 Å². The van der Waals surface area contributed by atoms with Crippen LogP contribution >= 0.6 is 11.8 Å². The molecule has 82 valence electrons. The average molecular weight is 219 g/mol. The zero-order chi connectivity index (χ0) is 10.4. The number of hydrogen-bond acceptors (Lipinski definition) is 3. The van der Waals surface area contributed by atoms with E-state index in [1.54, 1.807) is 0 Å². The lowest BCUT2D eigenvalue weighted by atomic mass is 9.88. The van der Waals surface area contributed by atoms with E-state index in [1.807, 2.05) is 0 Å². The second kappa shape index (κ2) is 6.27. The zero-order valence-corrected chi connectivity index (χ0v) is 9.13. The SMILES string of the molecule is NC(O)CCCC1CC=C(NCl)CC1. The maximum Gasteiger partial charge on any atom is 0.102 e. The first-order valence-corrected chi connectivity index (χ1v) is 5.59. The van der Waals surface area contributed by atoms with Crippen LogP contribution in [0.5, 0.6) is 0 Å². The van der Waals surface area contributed by atoms with Gasteiger partial charge in [0, 0.05) is 17.5 Å². The fourth-order valence-electron chi connectivity index (χ4n) is 1.85. The summed E-state index contributed by atoms with van der Waals surface area (Å²) in [7, 11) is 0. The van der Waals surface area contributed by atoms with Gasteiger partial charge >= 0.3 is 0 Å². The van der Waals surface area contributed by atoms with Gasteiger partial charge in [-0.05, 0) is 44.4 Å². The Hall–Kier alpha value is -0.250. The Morgan fingerprint density at radius 2 is 2.50 bits per heavy atom. The molecule has 3 nitrogen and oxygen atoms in total. The Balaban J connectivity index is 2.13. The average Bonchev–Trinajstić information content (AvgIpc) is 2.18. The van der Waals surface area contributed by atoms with Crippen LogP contribution in [0.4, 0.5) is 0 Å². The number of nitrogens with one attached hydrogen (secondary N) is 1. The molecule has 0 aliphatic heterocycles. The number of aliphatic hydroxyl groups is 1. The second-order valence-electron chi connectivity index (χ2n) is 3.96. The number of rotatable bonds is 5. The third-order valence-electron chi connectivity index (χ3n) is 2.75. The van der Waals surface area contributed by atoms with Crippen LogP contribution in [0.2, 0.25) is 0 Å². The molecule has 1 aliphatic rings. The van der Waals surface area contributed by atoms with Crippen LogP contribution in [0.15, 0.2) is 11.8 Å². The van der Waals surface area contributed by atoms with Gasteiger partial charge in [0.25, 0.3) is 0 Å². The summed E-state index contributed by atoms with van der Waals surface area (Å²) in [5.74, 6) is 0.738. The summed E-state index contributed by atoms with van der Waals surface area (Å²) >= 11 is 5.51. The lowest BCUT2D eigenvalue weighted by molar-refractivity contribution is 0.165. The topological polar surface area (TPSA) is 58.3 Å². The molecule has 0 saturated carbocycles. The molecule has 4 N–H and O–H groups in total. The molecule has 0 aromatic carbocycles. The zero-order valence-electron chi connectivity index (χ0n) is 8.38. The van der Waals surface area contributed by atoms with Gasteiger partial charge in [0.05, 0.1) is 0 Å². The summed E-state index contributed by atoms with van der Waals surface area (Å²) in [4.78, 5) is 2.67. The Bertz CT molecular complexity index is 195. The minimum atomic E-state index is -0.644. The number of nitrogens with two attached hydrogens (primary N) is 1. The molecule has 0 bridgehead atoms. The molecule has 0 amide bonds. The summed E-state index contributed by atoms with van der Waals surface area (Å²) in [5, 5.41) is 8.90. The van der Waals surface area contributed by atoms with Crippen molar-refractivity contribution in [1.82, 2.24) is 4.84 Å². The monoisotopic (exact) mass is 218 g/mol. The van der Waals surface area contributed by atoms with Gasteiger partial charge in [-0.2, -0.15) is 0 Å². The quantitative estimate of drug-likeness (QED) is 0.488. The molecule has 0 heterocycles. The van der Waals surface area contributed by atoms with Gasteiger partial charge in [0.2, 0.25) is 0 Å². The molecule has 0 spiro atoms. The normalized spacial score (nSPS) is 24.2. The third-order valence-corrected chi connectivity index (χ3v) is 3.00. The molecule has 1 aliphatic carbocycles. The van der Waals surface area contributed by atoms with Crippen molar-refractivity contribution in [3.8, 4) is 0 Å². The molecule has 0 aromatic heterocycles. The minimum Gasteiger partial charge on any atom is -0.379 e. The van der Waals surface area contributed by atoms with E-state index in [0.717, 1.165) is 37.3 Å². The van der Waals surface area contributed by atoms with Gasteiger partial charge in [-0.3, -0.25) is 0 Å². The third kappa shape index (κ3) is 4.31. The van der Waals surface area contributed by atoms with E-state index >= 15 is 0 Å². The van der Waals surface area contributed by atoms with Crippen LogP contribution in [0, 0.1) is 5.92 Å². The maximum atomic E-state index is 8.90. The summed E-state index contributed by atoms with van der Waals surface area (Å²) in [6, 6.07) is 0. The summed E-state index contributed by atoms with van der Waals surface area (Å²) in [6.07, 6.45) is 7.72. The first-order chi connectivity index (χ1) is 6.72. The molecule has 1 rings (SSSR count). The van der Waals surface area contributed by atoms with E-state index in [0.29, 0.717) is 6.42 Å². The molecule has 0 saturated heterocycles. The lowest BCUT2D eigenvalue weighted by Gasteiger charge is -2.21. The van der Waals surface area contributed by atoms with Gasteiger partial charge in [-0.1, -0.05) is 6.08 Å². The van der Waals surface area contributed by atoms with Gasteiger partial charge < -0.3 is 15.7 Å². The first-order valence-electron chi connectivity index (χ1n) is 5.21. The molecule has 0 fully saturated rings. The Morgan fingerprint density at radius 1 is 1.71 bits per heavy atom. The first kappa shape index (κ1) is 11.8. The van der Waals surface area contributed by atoms with Crippen molar-refractivity contribution < 1.29 is 5.11 Å². The van der Waals surface area contributed by atoms with Gasteiger partial charge in [0.15, 0.2) is 0 Å².